The van der Waals surface area contributed by atoms with Crippen LogP contribution in [-0.2, 0) is 0 Å². The molecule has 0 bridgehead atoms. The van der Waals surface area contributed by atoms with E-state index in [4.69, 9.17) is 0 Å². The standard InChI is InChI=1S/C30H60/c1-3-5-7-9-11-14-18-22-26-29(25-21-17-10-8-6-4-2)30-27-23-19-15-12-13-16-20-24-28-30/h29-30H,3-28H2,1-2H3. The fourth-order valence-corrected chi connectivity index (χ4v) is 5.83. The lowest BCUT2D eigenvalue weighted by atomic mass is 9.78. The first-order chi connectivity index (χ1) is 14.9. The molecule has 0 nitrogen and oxygen atoms in total. The lowest BCUT2D eigenvalue weighted by molar-refractivity contribution is 0.238. The fourth-order valence-electron chi connectivity index (χ4n) is 5.83. The van der Waals surface area contributed by atoms with Gasteiger partial charge in [0.05, 0.1) is 0 Å². The van der Waals surface area contributed by atoms with Gasteiger partial charge in [-0.3, -0.25) is 0 Å². The van der Waals surface area contributed by atoms with E-state index in [1.54, 1.807) is 25.7 Å². The van der Waals surface area contributed by atoms with E-state index in [2.05, 4.69) is 13.8 Å². The van der Waals surface area contributed by atoms with E-state index in [0.29, 0.717) is 0 Å². The summed E-state index contributed by atoms with van der Waals surface area (Å²) in [6.07, 6.45) is 38.9. The highest BCUT2D eigenvalue weighted by Crippen LogP contribution is 2.34. The molecule has 0 heterocycles. The van der Waals surface area contributed by atoms with Crippen LogP contribution in [0.4, 0.5) is 0 Å². The number of hydrogen-bond acceptors (Lipinski definition) is 0. The third-order valence-corrected chi connectivity index (χ3v) is 7.92. The SMILES string of the molecule is CCCCCCCCCCC(CCCCCCCC)C1CCCCCCCCCC1. The summed E-state index contributed by atoms with van der Waals surface area (Å²) in [6.45, 7) is 4.66. The molecule has 0 aromatic carbocycles. The molecule has 0 N–H and O–H groups in total. The first-order valence-electron chi connectivity index (χ1n) is 14.9. The van der Waals surface area contributed by atoms with E-state index in [-0.39, 0.29) is 0 Å². The van der Waals surface area contributed by atoms with Crippen molar-refractivity contribution in [2.24, 2.45) is 11.8 Å². The van der Waals surface area contributed by atoms with Crippen molar-refractivity contribution in [3.8, 4) is 0 Å². The predicted molar refractivity (Wildman–Crippen MR) is 138 cm³/mol. The largest absolute Gasteiger partial charge is 0.0654 e. The van der Waals surface area contributed by atoms with Gasteiger partial charge in [-0.15, -0.1) is 0 Å². The van der Waals surface area contributed by atoms with Gasteiger partial charge < -0.3 is 0 Å². The zero-order chi connectivity index (χ0) is 21.5. The van der Waals surface area contributed by atoms with Crippen LogP contribution in [0.2, 0.25) is 0 Å². The minimum Gasteiger partial charge on any atom is -0.0654 e. The quantitative estimate of drug-likeness (QED) is 0.205. The molecular formula is C30H60. The molecule has 0 saturated heterocycles. The fraction of sp³-hybridized carbons (Fsp3) is 1.00. The van der Waals surface area contributed by atoms with Crippen LogP contribution in [0.15, 0.2) is 0 Å². The molecule has 180 valence electrons. The molecule has 1 fully saturated rings. The van der Waals surface area contributed by atoms with Crippen molar-refractivity contribution in [3.63, 3.8) is 0 Å². The molecule has 1 aliphatic rings. The number of unbranched alkanes of at least 4 members (excludes halogenated alkanes) is 12. The topological polar surface area (TPSA) is 0 Å². The van der Waals surface area contributed by atoms with E-state index < -0.39 is 0 Å². The summed E-state index contributed by atoms with van der Waals surface area (Å²) in [6, 6.07) is 0. The molecule has 1 unspecified atom stereocenters. The summed E-state index contributed by atoms with van der Waals surface area (Å²) in [5, 5.41) is 0. The van der Waals surface area contributed by atoms with Crippen molar-refractivity contribution in [1.29, 1.82) is 0 Å². The van der Waals surface area contributed by atoms with E-state index >= 15 is 0 Å². The molecule has 30 heavy (non-hydrogen) atoms. The second kappa shape index (κ2) is 22.2. The van der Waals surface area contributed by atoms with Crippen LogP contribution in [0.3, 0.4) is 0 Å². The average Bonchev–Trinajstić information content (AvgIpc) is 2.82. The van der Waals surface area contributed by atoms with E-state index in [1.165, 1.54) is 141 Å². The molecule has 1 atom stereocenters. The molecule has 0 aromatic rings. The molecule has 0 amide bonds. The Morgan fingerprint density at radius 2 is 0.767 bits per heavy atom. The number of rotatable bonds is 17. The Morgan fingerprint density at radius 1 is 0.433 bits per heavy atom. The maximum atomic E-state index is 2.33. The Morgan fingerprint density at radius 3 is 1.17 bits per heavy atom. The van der Waals surface area contributed by atoms with Crippen LogP contribution in [-0.4, -0.2) is 0 Å². The highest BCUT2D eigenvalue weighted by molar-refractivity contribution is 4.72. The zero-order valence-corrected chi connectivity index (χ0v) is 21.5. The van der Waals surface area contributed by atoms with Gasteiger partial charge in [0.1, 0.15) is 0 Å². The third kappa shape index (κ3) is 16.7. The van der Waals surface area contributed by atoms with Crippen molar-refractivity contribution < 1.29 is 0 Å². The van der Waals surface area contributed by atoms with Gasteiger partial charge in [-0.25, -0.2) is 0 Å². The third-order valence-electron chi connectivity index (χ3n) is 7.92. The Labute approximate surface area is 192 Å². The van der Waals surface area contributed by atoms with Crippen molar-refractivity contribution >= 4 is 0 Å². The van der Waals surface area contributed by atoms with Crippen molar-refractivity contribution in [2.75, 3.05) is 0 Å². The first kappa shape index (κ1) is 28.0. The molecule has 0 spiro atoms. The van der Waals surface area contributed by atoms with Crippen LogP contribution in [0.25, 0.3) is 0 Å². The summed E-state index contributed by atoms with van der Waals surface area (Å²) >= 11 is 0. The summed E-state index contributed by atoms with van der Waals surface area (Å²) in [4.78, 5) is 0. The first-order valence-corrected chi connectivity index (χ1v) is 14.9. The molecular weight excluding hydrogens is 360 g/mol. The van der Waals surface area contributed by atoms with Gasteiger partial charge in [-0.2, -0.15) is 0 Å². The number of hydrogen-bond donors (Lipinski definition) is 0. The van der Waals surface area contributed by atoms with Crippen LogP contribution < -0.4 is 0 Å². The summed E-state index contributed by atoms with van der Waals surface area (Å²) in [5.41, 5.74) is 0. The summed E-state index contributed by atoms with van der Waals surface area (Å²) in [5.74, 6) is 2.11. The minimum atomic E-state index is 1.05. The molecule has 0 heteroatoms. The molecule has 0 aliphatic heterocycles. The highest BCUT2D eigenvalue weighted by Gasteiger charge is 2.20. The molecule has 1 aliphatic carbocycles. The molecule has 1 saturated carbocycles. The van der Waals surface area contributed by atoms with Gasteiger partial charge in [0, 0.05) is 0 Å². The molecule has 0 aromatic heterocycles. The Kier molecular flexibility index (Phi) is 20.7. The van der Waals surface area contributed by atoms with Crippen molar-refractivity contribution in [1.82, 2.24) is 0 Å². The molecule has 1 rings (SSSR count). The van der Waals surface area contributed by atoms with Gasteiger partial charge in [0.25, 0.3) is 0 Å². The van der Waals surface area contributed by atoms with Gasteiger partial charge in [0.2, 0.25) is 0 Å². The lowest BCUT2D eigenvalue weighted by Crippen LogP contribution is -2.16. The maximum absolute atomic E-state index is 2.33. The molecule has 0 radical (unpaired) electrons. The summed E-state index contributed by atoms with van der Waals surface area (Å²) < 4.78 is 0. The lowest BCUT2D eigenvalue weighted by Gasteiger charge is -2.28. The second-order valence-electron chi connectivity index (χ2n) is 10.7. The smallest absolute Gasteiger partial charge is 0.0386 e. The monoisotopic (exact) mass is 420 g/mol. The van der Waals surface area contributed by atoms with Crippen LogP contribution >= 0.6 is 0 Å². The van der Waals surface area contributed by atoms with Gasteiger partial charge >= 0.3 is 0 Å². The average molecular weight is 421 g/mol. The van der Waals surface area contributed by atoms with Crippen LogP contribution in [0, 0.1) is 11.8 Å². The predicted octanol–water partition coefficient (Wildman–Crippen LogP) is 11.4. The maximum Gasteiger partial charge on any atom is -0.0386 e. The Bertz CT molecular complexity index is 308. The van der Waals surface area contributed by atoms with Crippen LogP contribution in [0.1, 0.15) is 181 Å². The van der Waals surface area contributed by atoms with Crippen LogP contribution in [0.5, 0.6) is 0 Å². The zero-order valence-electron chi connectivity index (χ0n) is 21.5. The summed E-state index contributed by atoms with van der Waals surface area (Å²) in [7, 11) is 0. The Hall–Kier alpha value is 0. The van der Waals surface area contributed by atoms with Gasteiger partial charge in [0.15, 0.2) is 0 Å². The van der Waals surface area contributed by atoms with Gasteiger partial charge in [-0.1, -0.05) is 181 Å². The van der Waals surface area contributed by atoms with Crippen molar-refractivity contribution in [3.05, 3.63) is 0 Å². The highest BCUT2D eigenvalue weighted by atomic mass is 14.3. The Balaban J connectivity index is 2.37. The minimum absolute atomic E-state index is 1.05. The van der Waals surface area contributed by atoms with E-state index in [9.17, 15) is 0 Å². The van der Waals surface area contributed by atoms with E-state index in [0.717, 1.165) is 11.8 Å². The van der Waals surface area contributed by atoms with E-state index in [1.807, 2.05) is 0 Å². The van der Waals surface area contributed by atoms with Crippen molar-refractivity contribution in [2.45, 2.75) is 181 Å². The normalized spacial score (nSPS) is 18.2. The second-order valence-corrected chi connectivity index (χ2v) is 10.7. The van der Waals surface area contributed by atoms with Gasteiger partial charge in [-0.05, 0) is 11.8 Å².